The highest BCUT2D eigenvalue weighted by molar-refractivity contribution is 4.73. The van der Waals surface area contributed by atoms with Crippen LogP contribution < -0.4 is 5.32 Å². The molecule has 3 heteroatoms. The SMILES string of the molecule is CNC(C)CCCN(C)C1CCOC1. The van der Waals surface area contributed by atoms with Gasteiger partial charge in [-0.3, -0.25) is 0 Å². The van der Waals surface area contributed by atoms with E-state index in [-0.39, 0.29) is 0 Å². The van der Waals surface area contributed by atoms with Crippen LogP contribution in [0.1, 0.15) is 26.2 Å². The topological polar surface area (TPSA) is 24.5 Å². The van der Waals surface area contributed by atoms with Gasteiger partial charge in [-0.1, -0.05) is 0 Å². The highest BCUT2D eigenvalue weighted by Crippen LogP contribution is 2.11. The molecule has 1 aliphatic heterocycles. The average Bonchev–Trinajstić information content (AvgIpc) is 2.70. The zero-order valence-corrected chi connectivity index (χ0v) is 9.75. The van der Waals surface area contributed by atoms with E-state index in [1.54, 1.807) is 0 Å². The van der Waals surface area contributed by atoms with Crippen molar-refractivity contribution in [1.29, 1.82) is 0 Å². The van der Waals surface area contributed by atoms with Crippen molar-refractivity contribution in [2.24, 2.45) is 0 Å². The molecule has 0 spiro atoms. The summed E-state index contributed by atoms with van der Waals surface area (Å²) in [4.78, 5) is 2.44. The maximum Gasteiger partial charge on any atom is 0.0622 e. The van der Waals surface area contributed by atoms with Gasteiger partial charge in [0.1, 0.15) is 0 Å². The van der Waals surface area contributed by atoms with Gasteiger partial charge in [0.05, 0.1) is 6.61 Å². The molecule has 1 saturated heterocycles. The molecule has 3 nitrogen and oxygen atoms in total. The van der Waals surface area contributed by atoms with Gasteiger partial charge in [0.15, 0.2) is 0 Å². The molecule has 14 heavy (non-hydrogen) atoms. The minimum Gasteiger partial charge on any atom is -0.380 e. The van der Waals surface area contributed by atoms with Crippen molar-refractivity contribution in [2.75, 3.05) is 33.9 Å². The molecule has 0 aromatic carbocycles. The van der Waals surface area contributed by atoms with Crippen molar-refractivity contribution in [3.8, 4) is 0 Å². The lowest BCUT2D eigenvalue weighted by Crippen LogP contribution is -2.33. The number of hydrogen-bond acceptors (Lipinski definition) is 3. The van der Waals surface area contributed by atoms with Gasteiger partial charge < -0.3 is 15.0 Å². The summed E-state index contributed by atoms with van der Waals surface area (Å²) in [5.41, 5.74) is 0. The van der Waals surface area contributed by atoms with Gasteiger partial charge >= 0.3 is 0 Å². The van der Waals surface area contributed by atoms with E-state index in [1.165, 1.54) is 25.8 Å². The van der Waals surface area contributed by atoms with Gasteiger partial charge in [0.2, 0.25) is 0 Å². The second-order valence-electron chi connectivity index (χ2n) is 4.33. The Balaban J connectivity index is 2.05. The smallest absolute Gasteiger partial charge is 0.0622 e. The lowest BCUT2D eigenvalue weighted by Gasteiger charge is -2.23. The Morgan fingerprint density at radius 2 is 2.36 bits per heavy atom. The van der Waals surface area contributed by atoms with E-state index in [1.807, 2.05) is 7.05 Å². The van der Waals surface area contributed by atoms with Gasteiger partial charge in [-0.15, -0.1) is 0 Å². The first kappa shape index (κ1) is 12.0. The van der Waals surface area contributed by atoms with E-state index in [0.717, 1.165) is 13.2 Å². The van der Waals surface area contributed by atoms with E-state index in [0.29, 0.717) is 12.1 Å². The third-order valence-electron chi connectivity index (χ3n) is 3.17. The van der Waals surface area contributed by atoms with Crippen molar-refractivity contribution < 1.29 is 4.74 Å². The highest BCUT2D eigenvalue weighted by atomic mass is 16.5. The predicted molar refractivity (Wildman–Crippen MR) is 59.6 cm³/mol. The zero-order valence-electron chi connectivity index (χ0n) is 9.75. The largest absolute Gasteiger partial charge is 0.380 e. The van der Waals surface area contributed by atoms with Crippen molar-refractivity contribution >= 4 is 0 Å². The van der Waals surface area contributed by atoms with Crippen LogP contribution in [0.15, 0.2) is 0 Å². The van der Waals surface area contributed by atoms with E-state index in [9.17, 15) is 0 Å². The van der Waals surface area contributed by atoms with Gasteiger partial charge in [0, 0.05) is 18.7 Å². The van der Waals surface area contributed by atoms with E-state index >= 15 is 0 Å². The molecule has 0 saturated carbocycles. The molecule has 0 aromatic rings. The lowest BCUT2D eigenvalue weighted by molar-refractivity contribution is 0.158. The molecule has 1 fully saturated rings. The van der Waals surface area contributed by atoms with Crippen molar-refractivity contribution in [3.63, 3.8) is 0 Å². The molecule has 1 N–H and O–H groups in total. The summed E-state index contributed by atoms with van der Waals surface area (Å²) in [7, 11) is 4.24. The molecular formula is C11H24N2O. The number of hydrogen-bond donors (Lipinski definition) is 1. The van der Waals surface area contributed by atoms with Crippen LogP contribution in [0.5, 0.6) is 0 Å². The Labute approximate surface area is 87.8 Å². The molecule has 0 aliphatic carbocycles. The first-order chi connectivity index (χ1) is 6.74. The summed E-state index contributed by atoms with van der Waals surface area (Å²) < 4.78 is 5.37. The van der Waals surface area contributed by atoms with Crippen LogP contribution in [-0.4, -0.2) is 50.8 Å². The van der Waals surface area contributed by atoms with Gasteiger partial charge in [-0.05, 0) is 46.8 Å². The minimum absolute atomic E-state index is 0.642. The fourth-order valence-electron chi connectivity index (χ4n) is 1.84. The quantitative estimate of drug-likeness (QED) is 0.695. The molecule has 84 valence electrons. The standard InChI is InChI=1S/C11H24N2O/c1-10(12-2)5-4-7-13(3)11-6-8-14-9-11/h10-12H,4-9H2,1-3H3. The molecule has 1 rings (SSSR count). The summed E-state index contributed by atoms with van der Waals surface area (Å²) in [5, 5.41) is 3.26. The molecular weight excluding hydrogens is 176 g/mol. The molecule has 2 atom stereocenters. The van der Waals surface area contributed by atoms with Gasteiger partial charge in [0.25, 0.3) is 0 Å². The average molecular weight is 200 g/mol. The summed E-state index contributed by atoms with van der Waals surface area (Å²) in [6.45, 7) is 5.30. The molecule has 0 aromatic heterocycles. The van der Waals surface area contributed by atoms with Crippen LogP contribution >= 0.6 is 0 Å². The van der Waals surface area contributed by atoms with Crippen LogP contribution in [0, 0.1) is 0 Å². The van der Waals surface area contributed by atoms with Gasteiger partial charge in [-0.25, -0.2) is 0 Å². The van der Waals surface area contributed by atoms with Crippen LogP contribution in [0.2, 0.25) is 0 Å². The molecule has 1 aliphatic rings. The Kier molecular flexibility index (Phi) is 5.45. The second-order valence-corrected chi connectivity index (χ2v) is 4.33. The number of nitrogens with one attached hydrogen (secondary N) is 1. The predicted octanol–water partition coefficient (Wildman–Crippen LogP) is 1.10. The normalized spacial score (nSPS) is 24.4. The van der Waals surface area contributed by atoms with E-state index in [4.69, 9.17) is 4.74 Å². The number of ether oxygens (including phenoxy) is 1. The number of rotatable bonds is 6. The Bertz CT molecular complexity index is 146. The van der Waals surface area contributed by atoms with E-state index < -0.39 is 0 Å². The van der Waals surface area contributed by atoms with Crippen molar-refractivity contribution in [2.45, 2.75) is 38.3 Å². The first-order valence-electron chi connectivity index (χ1n) is 5.69. The maximum absolute atomic E-state index is 5.37. The molecule has 0 amide bonds. The van der Waals surface area contributed by atoms with Gasteiger partial charge in [-0.2, -0.15) is 0 Å². The van der Waals surface area contributed by atoms with Crippen LogP contribution in [0.25, 0.3) is 0 Å². The van der Waals surface area contributed by atoms with Crippen LogP contribution in [0.4, 0.5) is 0 Å². The Morgan fingerprint density at radius 3 is 2.93 bits per heavy atom. The third-order valence-corrected chi connectivity index (χ3v) is 3.17. The fourth-order valence-corrected chi connectivity index (χ4v) is 1.84. The van der Waals surface area contributed by atoms with Crippen LogP contribution in [0.3, 0.4) is 0 Å². The number of likely N-dealkylation sites (N-methyl/N-ethyl adjacent to an activating group) is 1. The lowest BCUT2D eigenvalue weighted by atomic mass is 10.1. The van der Waals surface area contributed by atoms with Crippen LogP contribution in [-0.2, 0) is 4.74 Å². The summed E-state index contributed by atoms with van der Waals surface area (Å²) >= 11 is 0. The summed E-state index contributed by atoms with van der Waals surface area (Å²) in [6.07, 6.45) is 3.74. The zero-order chi connectivity index (χ0) is 10.4. The Morgan fingerprint density at radius 1 is 1.57 bits per heavy atom. The van der Waals surface area contributed by atoms with Crippen molar-refractivity contribution in [1.82, 2.24) is 10.2 Å². The fraction of sp³-hybridized carbons (Fsp3) is 1.00. The third kappa shape index (κ3) is 3.95. The highest BCUT2D eigenvalue weighted by Gasteiger charge is 2.19. The molecule has 2 unspecified atom stereocenters. The Hall–Kier alpha value is -0.120. The second kappa shape index (κ2) is 6.38. The summed E-state index contributed by atoms with van der Waals surface area (Å²) in [6, 6.07) is 1.31. The summed E-state index contributed by atoms with van der Waals surface area (Å²) in [5.74, 6) is 0. The monoisotopic (exact) mass is 200 g/mol. The molecule has 1 heterocycles. The molecule has 0 radical (unpaired) electrons. The van der Waals surface area contributed by atoms with E-state index in [2.05, 4.69) is 24.2 Å². The number of nitrogens with zero attached hydrogens (tertiary/aromatic N) is 1. The maximum atomic E-state index is 5.37. The molecule has 0 bridgehead atoms. The first-order valence-corrected chi connectivity index (χ1v) is 5.69. The van der Waals surface area contributed by atoms with Crippen molar-refractivity contribution in [3.05, 3.63) is 0 Å². The minimum atomic E-state index is 0.642.